The Hall–Kier alpha value is -7.73. The molecule has 0 unspecified atom stereocenters. The standard InChI is InChI=1S/C55H34N2O2S/c1-3-11-35(12-4-1)36-21-27-40(28-22-36)57(41-29-23-37(24-30-41)43-16-10-20-49-51(43)45-15-7-8-19-48(45)58-49)42-31-25-38(26-32-42)44-17-9-18-46-52-50(59-53(44)46)34-33-47-54(52)60-55(56-47)39-13-5-2-6-14-39/h1-34H. The third-order valence-corrected chi connectivity index (χ3v) is 12.7. The number of para-hydroxylation sites is 2. The zero-order chi connectivity index (χ0) is 39.6. The maximum Gasteiger partial charge on any atom is 0.143 e. The molecule has 0 saturated carbocycles. The Morgan fingerprint density at radius 2 is 0.900 bits per heavy atom. The molecule has 0 aliphatic carbocycles. The Morgan fingerprint density at radius 1 is 0.367 bits per heavy atom. The molecule has 60 heavy (non-hydrogen) atoms. The maximum absolute atomic E-state index is 6.68. The normalized spacial score (nSPS) is 11.7. The van der Waals surface area contributed by atoms with Gasteiger partial charge in [-0.15, -0.1) is 11.3 Å². The fraction of sp³-hybridized carbons (Fsp3) is 0. The molecule has 9 aromatic carbocycles. The number of aromatic nitrogens is 1. The van der Waals surface area contributed by atoms with Gasteiger partial charge in [0.05, 0.1) is 10.2 Å². The van der Waals surface area contributed by atoms with Gasteiger partial charge in [-0.2, -0.15) is 0 Å². The molecule has 5 heteroatoms. The van der Waals surface area contributed by atoms with E-state index in [2.05, 4.69) is 187 Å². The highest BCUT2D eigenvalue weighted by atomic mass is 32.1. The number of nitrogens with zero attached hydrogens (tertiary/aromatic N) is 2. The lowest BCUT2D eigenvalue weighted by atomic mass is 9.99. The van der Waals surface area contributed by atoms with E-state index in [1.807, 2.05) is 24.3 Å². The summed E-state index contributed by atoms with van der Waals surface area (Å²) in [5, 5.41) is 5.49. The lowest BCUT2D eigenvalue weighted by molar-refractivity contribution is 0.669. The summed E-state index contributed by atoms with van der Waals surface area (Å²) in [7, 11) is 0. The van der Waals surface area contributed by atoms with Gasteiger partial charge in [0.1, 0.15) is 27.3 Å². The van der Waals surface area contributed by atoms with Crippen LogP contribution in [0, 0.1) is 0 Å². The quantitative estimate of drug-likeness (QED) is 0.161. The van der Waals surface area contributed by atoms with Gasteiger partial charge in [-0.3, -0.25) is 0 Å². The average molecular weight is 787 g/mol. The van der Waals surface area contributed by atoms with Gasteiger partial charge in [0, 0.05) is 49.7 Å². The first-order chi connectivity index (χ1) is 29.7. The summed E-state index contributed by atoms with van der Waals surface area (Å²) < 4.78 is 14.1. The number of hydrogen-bond donors (Lipinski definition) is 0. The topological polar surface area (TPSA) is 42.4 Å². The van der Waals surface area contributed by atoms with E-state index < -0.39 is 0 Å². The monoisotopic (exact) mass is 786 g/mol. The van der Waals surface area contributed by atoms with Crippen LogP contribution >= 0.6 is 11.3 Å². The summed E-state index contributed by atoms with van der Waals surface area (Å²) in [5.41, 5.74) is 15.6. The van der Waals surface area contributed by atoms with Crippen LogP contribution in [-0.4, -0.2) is 4.98 Å². The van der Waals surface area contributed by atoms with E-state index in [0.717, 1.165) is 104 Å². The van der Waals surface area contributed by atoms with Crippen LogP contribution in [0.1, 0.15) is 0 Å². The second-order valence-electron chi connectivity index (χ2n) is 15.1. The minimum Gasteiger partial charge on any atom is -0.456 e. The minimum absolute atomic E-state index is 0.871. The van der Waals surface area contributed by atoms with E-state index in [1.54, 1.807) is 11.3 Å². The fourth-order valence-corrected chi connectivity index (χ4v) is 9.80. The number of benzene rings is 9. The molecule has 0 aliphatic rings. The van der Waals surface area contributed by atoms with Gasteiger partial charge in [0.2, 0.25) is 0 Å². The average Bonchev–Trinajstić information content (AvgIpc) is 4.04. The lowest BCUT2D eigenvalue weighted by Crippen LogP contribution is -2.09. The van der Waals surface area contributed by atoms with Gasteiger partial charge in [0.15, 0.2) is 0 Å². The lowest BCUT2D eigenvalue weighted by Gasteiger charge is -2.26. The Labute approximate surface area is 349 Å². The highest BCUT2D eigenvalue weighted by molar-refractivity contribution is 7.22. The Morgan fingerprint density at radius 3 is 1.62 bits per heavy atom. The van der Waals surface area contributed by atoms with Crippen molar-refractivity contribution >= 4 is 82.5 Å². The Bertz CT molecular complexity index is 3510. The fourth-order valence-electron chi connectivity index (χ4n) is 8.68. The summed E-state index contributed by atoms with van der Waals surface area (Å²) in [6.07, 6.45) is 0. The van der Waals surface area contributed by atoms with Crippen molar-refractivity contribution in [1.82, 2.24) is 4.98 Å². The van der Waals surface area contributed by atoms with Gasteiger partial charge in [0.25, 0.3) is 0 Å². The van der Waals surface area contributed by atoms with Crippen LogP contribution in [0.4, 0.5) is 17.1 Å². The second kappa shape index (κ2) is 14.0. The largest absolute Gasteiger partial charge is 0.456 e. The van der Waals surface area contributed by atoms with E-state index in [1.165, 1.54) is 11.1 Å². The van der Waals surface area contributed by atoms with Crippen molar-refractivity contribution in [2.24, 2.45) is 0 Å². The SMILES string of the molecule is c1ccc(-c2ccc(N(c3ccc(-c4cccc5c4oc4ccc6nc(-c7ccccc7)sc6c45)cc3)c3ccc(-c4cccc5oc6ccccc6c45)cc3)cc2)cc1. The molecule has 0 fully saturated rings. The molecule has 3 heterocycles. The summed E-state index contributed by atoms with van der Waals surface area (Å²) in [5.74, 6) is 0. The molecular formula is C55H34N2O2S. The molecule has 0 radical (unpaired) electrons. The summed E-state index contributed by atoms with van der Waals surface area (Å²) in [6.45, 7) is 0. The van der Waals surface area contributed by atoms with Gasteiger partial charge < -0.3 is 13.7 Å². The molecule has 0 saturated heterocycles. The van der Waals surface area contributed by atoms with E-state index in [9.17, 15) is 0 Å². The molecule has 0 spiro atoms. The van der Waals surface area contributed by atoms with Crippen molar-refractivity contribution < 1.29 is 8.83 Å². The van der Waals surface area contributed by atoms with Crippen molar-refractivity contribution in [3.05, 3.63) is 206 Å². The first-order valence-corrected chi connectivity index (χ1v) is 20.9. The van der Waals surface area contributed by atoms with Gasteiger partial charge >= 0.3 is 0 Å². The molecule has 0 aliphatic heterocycles. The zero-order valence-electron chi connectivity index (χ0n) is 32.2. The number of furan rings is 2. The van der Waals surface area contributed by atoms with E-state index in [-0.39, 0.29) is 0 Å². The highest BCUT2D eigenvalue weighted by Gasteiger charge is 2.19. The first-order valence-electron chi connectivity index (χ1n) is 20.1. The van der Waals surface area contributed by atoms with Crippen LogP contribution in [0.15, 0.2) is 215 Å². The molecule has 0 N–H and O–H groups in total. The number of thiazole rings is 1. The maximum atomic E-state index is 6.68. The molecule has 0 atom stereocenters. The molecule has 0 bridgehead atoms. The van der Waals surface area contributed by atoms with Crippen molar-refractivity contribution in [2.45, 2.75) is 0 Å². The number of anilines is 3. The molecule has 0 amide bonds. The second-order valence-corrected chi connectivity index (χ2v) is 16.1. The summed E-state index contributed by atoms with van der Waals surface area (Å²) >= 11 is 1.72. The molecule has 282 valence electrons. The molecular weight excluding hydrogens is 753 g/mol. The minimum atomic E-state index is 0.871. The van der Waals surface area contributed by atoms with Crippen molar-refractivity contribution in [2.75, 3.05) is 4.90 Å². The predicted molar refractivity (Wildman–Crippen MR) is 251 cm³/mol. The number of rotatable bonds is 7. The molecule has 3 aromatic heterocycles. The predicted octanol–water partition coefficient (Wildman–Crippen LogP) is 16.2. The van der Waals surface area contributed by atoms with E-state index >= 15 is 0 Å². The molecule has 12 rings (SSSR count). The van der Waals surface area contributed by atoms with E-state index in [0.29, 0.717) is 0 Å². The van der Waals surface area contributed by atoms with Gasteiger partial charge in [-0.25, -0.2) is 4.98 Å². The Kier molecular flexibility index (Phi) is 8.00. The summed E-state index contributed by atoms with van der Waals surface area (Å²) in [4.78, 5) is 7.33. The number of fused-ring (bicyclic) bond motifs is 8. The zero-order valence-corrected chi connectivity index (χ0v) is 33.1. The van der Waals surface area contributed by atoms with Crippen LogP contribution in [0.2, 0.25) is 0 Å². The Balaban J connectivity index is 0.941. The van der Waals surface area contributed by atoms with E-state index in [4.69, 9.17) is 13.8 Å². The third kappa shape index (κ3) is 5.70. The summed E-state index contributed by atoms with van der Waals surface area (Å²) in [6, 6.07) is 72.6. The molecule has 12 aromatic rings. The van der Waals surface area contributed by atoms with Crippen LogP contribution in [0.3, 0.4) is 0 Å². The third-order valence-electron chi connectivity index (χ3n) is 11.5. The van der Waals surface area contributed by atoms with Crippen molar-refractivity contribution in [1.29, 1.82) is 0 Å². The molecule has 4 nitrogen and oxygen atoms in total. The van der Waals surface area contributed by atoms with Gasteiger partial charge in [-0.1, -0.05) is 146 Å². The first kappa shape index (κ1) is 34.3. The van der Waals surface area contributed by atoms with Crippen LogP contribution < -0.4 is 4.90 Å². The number of hydrogen-bond acceptors (Lipinski definition) is 5. The van der Waals surface area contributed by atoms with Crippen LogP contribution in [-0.2, 0) is 0 Å². The van der Waals surface area contributed by atoms with Crippen LogP contribution in [0.25, 0.3) is 98.0 Å². The van der Waals surface area contributed by atoms with Gasteiger partial charge in [-0.05, 0) is 88.5 Å². The smallest absolute Gasteiger partial charge is 0.143 e. The van der Waals surface area contributed by atoms with Crippen molar-refractivity contribution in [3.8, 4) is 44.0 Å². The van der Waals surface area contributed by atoms with Crippen LogP contribution in [0.5, 0.6) is 0 Å². The highest BCUT2D eigenvalue weighted by Crippen LogP contribution is 2.44. The van der Waals surface area contributed by atoms with Crippen molar-refractivity contribution in [3.63, 3.8) is 0 Å².